The number of aliphatic hydroxyl groups is 3. The van der Waals surface area contributed by atoms with E-state index in [2.05, 4.69) is 31.6 Å². The zero-order valence-electron chi connectivity index (χ0n) is 23.7. The van der Waals surface area contributed by atoms with Crippen molar-refractivity contribution < 1.29 is 34.4 Å². The highest BCUT2D eigenvalue weighted by molar-refractivity contribution is 5.89. The summed E-state index contributed by atoms with van der Waals surface area (Å²) >= 11 is 0. The number of aliphatic hydroxyl groups excluding tert-OH is 3. The Labute approximate surface area is 247 Å². The maximum Gasteiger partial charge on any atom is 0.351 e. The Morgan fingerprint density at radius 1 is 1.12 bits per heavy atom. The van der Waals surface area contributed by atoms with Gasteiger partial charge in [-0.25, -0.2) is 4.79 Å². The van der Waals surface area contributed by atoms with E-state index >= 15 is 0 Å². The van der Waals surface area contributed by atoms with Crippen molar-refractivity contribution in [3.8, 4) is 0 Å². The third-order valence-corrected chi connectivity index (χ3v) is 7.20. The molecule has 0 unspecified atom stereocenters. The molecular weight excluding hydrogens is 564 g/mol. The largest absolute Gasteiger partial charge is 0.394 e. The van der Waals surface area contributed by atoms with E-state index in [1.165, 1.54) is 24.2 Å². The van der Waals surface area contributed by atoms with Crippen LogP contribution in [-0.2, 0) is 25.7 Å². The molecule has 0 radical (unpaired) electrons. The molecule has 3 amide bonds. The van der Waals surface area contributed by atoms with Crippen LogP contribution in [0.3, 0.4) is 0 Å². The maximum atomic E-state index is 13.6. The van der Waals surface area contributed by atoms with Crippen LogP contribution in [-0.4, -0.2) is 124 Å². The number of anilines is 1. The molecule has 0 aliphatic carbocycles. The first-order chi connectivity index (χ1) is 20.7. The first-order valence-corrected chi connectivity index (χ1v) is 14.0. The molecule has 2 aliphatic heterocycles. The van der Waals surface area contributed by atoms with Crippen LogP contribution in [0.4, 0.5) is 5.82 Å². The van der Waals surface area contributed by atoms with E-state index in [1.54, 1.807) is 0 Å². The predicted molar refractivity (Wildman–Crippen MR) is 153 cm³/mol. The van der Waals surface area contributed by atoms with Gasteiger partial charge >= 0.3 is 5.69 Å². The minimum absolute atomic E-state index is 0.118. The Kier molecular flexibility index (Phi) is 11.2. The van der Waals surface area contributed by atoms with Crippen molar-refractivity contribution in [3.63, 3.8) is 0 Å². The van der Waals surface area contributed by atoms with Crippen molar-refractivity contribution in [3.05, 3.63) is 58.6 Å². The first-order valence-electron chi connectivity index (χ1n) is 14.0. The van der Waals surface area contributed by atoms with E-state index in [0.717, 1.165) is 10.1 Å². The molecule has 2 fully saturated rings. The number of carbonyl (C=O) groups excluding carboxylic acids is 3. The van der Waals surface area contributed by atoms with Crippen LogP contribution in [0.2, 0.25) is 0 Å². The van der Waals surface area contributed by atoms with Crippen molar-refractivity contribution in [2.75, 3.05) is 51.7 Å². The number of hydrogen-bond donors (Lipinski definition) is 8. The van der Waals surface area contributed by atoms with E-state index in [0.29, 0.717) is 32.7 Å². The van der Waals surface area contributed by atoms with Gasteiger partial charge in [-0.3, -0.25) is 19.0 Å². The lowest BCUT2D eigenvalue weighted by atomic mass is 9.93. The second-order valence-corrected chi connectivity index (χ2v) is 10.2. The number of piperazine rings is 1. The van der Waals surface area contributed by atoms with Gasteiger partial charge in [-0.2, -0.15) is 4.98 Å². The number of carbonyl (C=O) groups is 3. The molecule has 1 aromatic carbocycles. The quantitative estimate of drug-likeness (QED) is 0.124. The van der Waals surface area contributed by atoms with Crippen LogP contribution in [0.15, 0.2) is 47.4 Å². The van der Waals surface area contributed by atoms with Gasteiger partial charge in [-0.05, 0) is 18.7 Å². The van der Waals surface area contributed by atoms with Crippen LogP contribution in [0.1, 0.15) is 11.8 Å². The smallest absolute Gasteiger partial charge is 0.351 e. The van der Waals surface area contributed by atoms with E-state index in [-0.39, 0.29) is 12.4 Å². The summed E-state index contributed by atoms with van der Waals surface area (Å²) in [5, 5.41) is 45.5. The number of nitrogens with zero attached hydrogens (tertiary/aromatic N) is 3. The predicted octanol–water partition coefficient (Wildman–Crippen LogP) is -3.91. The van der Waals surface area contributed by atoms with Crippen molar-refractivity contribution in [1.29, 1.82) is 0 Å². The van der Waals surface area contributed by atoms with Crippen molar-refractivity contribution >= 4 is 23.5 Å². The highest BCUT2D eigenvalue weighted by Gasteiger charge is 2.50. The number of benzene rings is 1. The van der Waals surface area contributed by atoms with Crippen LogP contribution < -0.4 is 32.3 Å². The molecule has 2 aliphatic rings. The summed E-state index contributed by atoms with van der Waals surface area (Å²) in [4.78, 5) is 57.1. The number of likely N-dealkylation sites (N-methyl/N-ethyl adjacent to an activating group) is 1. The fourth-order valence-electron chi connectivity index (χ4n) is 4.90. The summed E-state index contributed by atoms with van der Waals surface area (Å²) in [6.07, 6.45) is -5.28. The monoisotopic (exact) mass is 602 g/mol. The van der Waals surface area contributed by atoms with Crippen molar-refractivity contribution in [2.45, 2.75) is 43.2 Å². The molecule has 0 spiro atoms. The van der Waals surface area contributed by atoms with Crippen LogP contribution in [0.5, 0.6) is 0 Å². The standard InChI is InChI=1S/C27H38N8O8/c1-28-14-19(37)31-17(15-36)24(40)33-20-21(38)22(39)26(43-23(20)25(41)34-11-8-29-9-12-34)35-10-7-18(32-27(35)42)30-13-16-5-3-2-4-6-16/h2-7,10,17,20-23,26,28-29,36,38-39H,8-9,11-15H2,1H3,(H,31,37)(H,33,40)(H,30,32,42)/t17-,20+,21+,22-,23+,26-/m1/s1. The molecule has 43 heavy (non-hydrogen) atoms. The molecule has 8 N–H and O–H groups in total. The lowest BCUT2D eigenvalue weighted by Crippen LogP contribution is -2.68. The first kappa shape index (κ1) is 32.0. The van der Waals surface area contributed by atoms with Crippen LogP contribution >= 0.6 is 0 Å². The molecule has 234 valence electrons. The van der Waals surface area contributed by atoms with Gasteiger partial charge in [0, 0.05) is 38.9 Å². The molecule has 4 rings (SSSR count). The van der Waals surface area contributed by atoms with E-state index in [4.69, 9.17) is 4.74 Å². The molecule has 16 heteroatoms. The number of hydrogen-bond acceptors (Lipinski definition) is 12. The van der Waals surface area contributed by atoms with E-state index < -0.39 is 66.6 Å². The average molecular weight is 603 g/mol. The fourth-order valence-corrected chi connectivity index (χ4v) is 4.90. The minimum atomic E-state index is -1.78. The Morgan fingerprint density at radius 2 is 1.84 bits per heavy atom. The lowest BCUT2D eigenvalue weighted by Gasteiger charge is -2.44. The molecule has 1 aromatic heterocycles. The summed E-state index contributed by atoms with van der Waals surface area (Å²) < 4.78 is 6.94. The molecule has 16 nitrogen and oxygen atoms in total. The Morgan fingerprint density at radius 3 is 2.49 bits per heavy atom. The molecule has 3 heterocycles. The Hall–Kier alpha value is -3.93. The van der Waals surface area contributed by atoms with Gasteiger partial charge in [-0.15, -0.1) is 0 Å². The Balaban J connectivity index is 1.56. The van der Waals surface area contributed by atoms with Gasteiger partial charge < -0.3 is 51.5 Å². The molecule has 0 saturated carbocycles. The van der Waals surface area contributed by atoms with Gasteiger partial charge in [0.1, 0.15) is 24.1 Å². The lowest BCUT2D eigenvalue weighted by molar-refractivity contribution is -0.218. The van der Waals surface area contributed by atoms with Crippen molar-refractivity contribution in [1.82, 2.24) is 35.7 Å². The summed E-state index contributed by atoms with van der Waals surface area (Å²) in [7, 11) is 1.53. The number of rotatable bonds is 11. The zero-order valence-corrected chi connectivity index (χ0v) is 23.7. The number of amides is 3. The van der Waals surface area contributed by atoms with Gasteiger partial charge in [0.2, 0.25) is 11.8 Å². The normalized spacial score (nSPS) is 24.6. The SMILES string of the molecule is CNCC(=O)N[C@H](CO)C(=O)N[C@H]1[C@H](O)[C@@H](O)[C@H](n2ccc(NCc3ccccc3)nc2=O)O[C@@H]1C(=O)N1CCNCC1. The molecule has 0 bridgehead atoms. The second kappa shape index (κ2) is 15.0. The summed E-state index contributed by atoms with van der Waals surface area (Å²) in [6, 6.07) is 8.08. The van der Waals surface area contributed by atoms with Gasteiger partial charge in [0.25, 0.3) is 5.91 Å². The molecular formula is C27H38N8O8. The van der Waals surface area contributed by atoms with Crippen LogP contribution in [0.25, 0.3) is 0 Å². The summed E-state index contributed by atoms with van der Waals surface area (Å²) in [5.41, 5.74) is 0.160. The van der Waals surface area contributed by atoms with Crippen molar-refractivity contribution in [2.24, 2.45) is 0 Å². The zero-order chi connectivity index (χ0) is 30.9. The fraction of sp³-hybridized carbons (Fsp3) is 0.519. The molecule has 2 saturated heterocycles. The highest BCUT2D eigenvalue weighted by Crippen LogP contribution is 2.29. The minimum Gasteiger partial charge on any atom is -0.394 e. The third kappa shape index (κ3) is 7.92. The summed E-state index contributed by atoms with van der Waals surface area (Å²) in [5.74, 6) is -1.79. The molecule has 6 atom stereocenters. The third-order valence-electron chi connectivity index (χ3n) is 7.20. The maximum absolute atomic E-state index is 13.6. The number of aromatic nitrogens is 2. The average Bonchev–Trinajstić information content (AvgIpc) is 3.02. The van der Waals surface area contributed by atoms with Crippen LogP contribution in [0, 0.1) is 0 Å². The highest BCUT2D eigenvalue weighted by atomic mass is 16.5. The van der Waals surface area contributed by atoms with Gasteiger partial charge in [0.15, 0.2) is 12.3 Å². The second-order valence-electron chi connectivity index (χ2n) is 10.2. The number of ether oxygens (including phenoxy) is 1. The van der Waals surface area contributed by atoms with E-state index in [9.17, 15) is 34.5 Å². The number of nitrogens with one attached hydrogen (secondary N) is 5. The molecule has 2 aromatic rings. The topological polar surface area (TPSA) is 219 Å². The Bertz CT molecular complexity index is 1310. The van der Waals surface area contributed by atoms with E-state index in [1.807, 2.05) is 30.3 Å². The van der Waals surface area contributed by atoms with Gasteiger partial charge in [-0.1, -0.05) is 30.3 Å². The summed E-state index contributed by atoms with van der Waals surface area (Å²) in [6.45, 7) is 1.19. The van der Waals surface area contributed by atoms with Gasteiger partial charge in [0.05, 0.1) is 19.2 Å².